The zero-order valence-electron chi connectivity index (χ0n) is 13.2. The largest absolute Gasteiger partial charge is 0.456 e. The lowest BCUT2D eigenvalue weighted by molar-refractivity contribution is -0.138. The number of rotatable bonds is 6. The van der Waals surface area contributed by atoms with E-state index in [1.807, 2.05) is 6.07 Å². The van der Waals surface area contributed by atoms with Gasteiger partial charge in [0.15, 0.2) is 5.71 Å². The average Bonchev–Trinajstić information content (AvgIpc) is 2.61. The van der Waals surface area contributed by atoms with E-state index in [1.165, 1.54) is 12.1 Å². The van der Waals surface area contributed by atoms with E-state index in [1.54, 1.807) is 24.3 Å². The number of hydrogen-bond acceptors (Lipinski definition) is 4. The molecule has 0 aliphatic heterocycles. The average molecular weight is 351 g/mol. The Balaban J connectivity index is 1.93. The van der Waals surface area contributed by atoms with Crippen molar-refractivity contribution in [1.29, 1.82) is 0 Å². The molecule has 0 spiro atoms. The number of aryl methyl sites for hydroxylation is 1. The highest BCUT2D eigenvalue weighted by Crippen LogP contribution is 2.29. The second kappa shape index (κ2) is 8.32. The van der Waals surface area contributed by atoms with E-state index in [-0.39, 0.29) is 25.2 Å². The van der Waals surface area contributed by atoms with E-state index >= 15 is 0 Å². The van der Waals surface area contributed by atoms with Crippen LogP contribution in [0.25, 0.3) is 0 Å². The summed E-state index contributed by atoms with van der Waals surface area (Å²) in [5, 5.41) is 11.9. The maximum absolute atomic E-state index is 12.7. The Morgan fingerprint density at radius 3 is 2.36 bits per heavy atom. The van der Waals surface area contributed by atoms with Crippen molar-refractivity contribution in [3.05, 3.63) is 71.3 Å². The summed E-state index contributed by atoms with van der Waals surface area (Å²) in [7, 11) is 0. The van der Waals surface area contributed by atoms with E-state index in [0.717, 1.165) is 17.7 Å². The van der Waals surface area contributed by atoms with Gasteiger partial charge in [-0.05, 0) is 23.6 Å². The molecule has 2 aromatic carbocycles. The highest BCUT2D eigenvalue weighted by molar-refractivity contribution is 6.36. The molecule has 0 saturated heterocycles. The fourth-order valence-electron chi connectivity index (χ4n) is 2.17. The van der Waals surface area contributed by atoms with Gasteiger partial charge in [-0.15, -0.1) is 0 Å². The van der Waals surface area contributed by atoms with Gasteiger partial charge in [-0.3, -0.25) is 0 Å². The predicted molar refractivity (Wildman–Crippen MR) is 85.2 cm³/mol. The molecule has 2 rings (SSSR count). The minimum atomic E-state index is -4.43. The molecule has 0 aromatic heterocycles. The Morgan fingerprint density at radius 2 is 1.72 bits per heavy atom. The summed E-state index contributed by atoms with van der Waals surface area (Å²) in [6, 6.07) is 13.7. The van der Waals surface area contributed by atoms with E-state index in [9.17, 15) is 18.0 Å². The van der Waals surface area contributed by atoms with Crippen molar-refractivity contribution >= 4 is 11.7 Å². The monoisotopic (exact) mass is 351 g/mol. The number of esters is 1. The molecule has 0 saturated carbocycles. The van der Waals surface area contributed by atoms with Crippen molar-refractivity contribution in [2.45, 2.75) is 25.6 Å². The van der Waals surface area contributed by atoms with Crippen LogP contribution in [0.3, 0.4) is 0 Å². The lowest BCUT2D eigenvalue weighted by Crippen LogP contribution is -2.18. The summed E-state index contributed by atoms with van der Waals surface area (Å²) < 4.78 is 43.1. The van der Waals surface area contributed by atoms with Gasteiger partial charge in [-0.2, -0.15) is 13.2 Å². The first-order valence-electron chi connectivity index (χ1n) is 7.48. The molecule has 0 bridgehead atoms. The smallest absolute Gasteiger partial charge is 0.416 e. The van der Waals surface area contributed by atoms with Crippen LogP contribution in [-0.2, 0) is 28.7 Å². The molecule has 0 aliphatic rings. The molecule has 7 heteroatoms. The Bertz CT molecular complexity index is 743. The van der Waals surface area contributed by atoms with Gasteiger partial charge in [0.2, 0.25) is 0 Å². The van der Waals surface area contributed by atoms with Crippen molar-refractivity contribution in [3.8, 4) is 0 Å². The van der Waals surface area contributed by atoms with Crippen molar-refractivity contribution in [2.24, 2.45) is 5.16 Å². The third kappa shape index (κ3) is 5.63. The van der Waals surface area contributed by atoms with Gasteiger partial charge < -0.3 is 9.94 Å². The van der Waals surface area contributed by atoms with Gasteiger partial charge in [0, 0.05) is 6.42 Å². The van der Waals surface area contributed by atoms with E-state index in [4.69, 9.17) is 9.94 Å². The summed E-state index contributed by atoms with van der Waals surface area (Å²) in [5.41, 5.74) is 0.144. The molecule has 2 aromatic rings. The molecule has 4 nitrogen and oxygen atoms in total. The number of ether oxygens (including phenoxy) is 1. The molecule has 25 heavy (non-hydrogen) atoms. The molecule has 1 N–H and O–H groups in total. The van der Waals surface area contributed by atoms with E-state index in [2.05, 4.69) is 5.16 Å². The Morgan fingerprint density at radius 1 is 1.04 bits per heavy atom. The maximum Gasteiger partial charge on any atom is 0.416 e. The molecule has 0 atom stereocenters. The Hall–Kier alpha value is -2.83. The summed E-state index contributed by atoms with van der Waals surface area (Å²) in [5.74, 6) is -0.807. The third-order valence-corrected chi connectivity index (χ3v) is 3.47. The van der Waals surface area contributed by atoms with Crippen LogP contribution in [0.2, 0.25) is 0 Å². The first-order chi connectivity index (χ1) is 11.9. The van der Waals surface area contributed by atoms with Crippen LogP contribution in [0, 0.1) is 0 Å². The Labute approximate surface area is 142 Å². The number of carbonyl (C=O) groups excluding carboxylic acids is 1. The minimum Gasteiger partial charge on any atom is -0.456 e. The SMILES string of the molecule is O=C(OCc1ccccc1)/C(CCc1cccc(C(F)(F)F)c1)=N\O. The lowest BCUT2D eigenvalue weighted by Gasteiger charge is -2.09. The van der Waals surface area contributed by atoms with Crippen LogP contribution in [0.5, 0.6) is 0 Å². The number of benzene rings is 2. The number of nitrogens with zero attached hydrogens (tertiary/aromatic N) is 1. The molecule has 0 aliphatic carbocycles. The predicted octanol–water partition coefficient (Wildman–Crippen LogP) is 4.21. The van der Waals surface area contributed by atoms with Crippen LogP contribution in [-0.4, -0.2) is 16.9 Å². The van der Waals surface area contributed by atoms with Crippen molar-refractivity contribution < 1.29 is 27.9 Å². The summed E-state index contributed by atoms with van der Waals surface area (Å²) in [4.78, 5) is 11.9. The van der Waals surface area contributed by atoms with Gasteiger partial charge in [0.25, 0.3) is 0 Å². The van der Waals surface area contributed by atoms with Crippen LogP contribution in [0.1, 0.15) is 23.1 Å². The van der Waals surface area contributed by atoms with Crippen LogP contribution >= 0.6 is 0 Å². The van der Waals surface area contributed by atoms with Gasteiger partial charge >= 0.3 is 12.1 Å². The van der Waals surface area contributed by atoms with Crippen molar-refractivity contribution in [1.82, 2.24) is 0 Å². The zero-order valence-corrected chi connectivity index (χ0v) is 13.2. The standard InChI is InChI=1S/C18H16F3NO3/c19-18(20,21)15-8-4-7-13(11-15)9-10-16(22-24)17(23)25-12-14-5-2-1-3-6-14/h1-8,11,24H,9-10,12H2/b22-16-. The minimum absolute atomic E-state index is 0.0161. The van der Waals surface area contributed by atoms with Crippen LogP contribution in [0.15, 0.2) is 59.8 Å². The number of oxime groups is 1. The van der Waals surface area contributed by atoms with E-state index in [0.29, 0.717) is 5.56 Å². The number of carbonyl (C=O) groups is 1. The number of halogens is 3. The first kappa shape index (κ1) is 18.5. The summed E-state index contributed by atoms with van der Waals surface area (Å²) in [6.07, 6.45) is -4.35. The summed E-state index contributed by atoms with van der Waals surface area (Å²) >= 11 is 0. The normalized spacial score (nSPS) is 12.0. The number of alkyl halides is 3. The van der Waals surface area contributed by atoms with Crippen molar-refractivity contribution in [2.75, 3.05) is 0 Å². The van der Waals surface area contributed by atoms with Crippen LogP contribution in [0.4, 0.5) is 13.2 Å². The van der Waals surface area contributed by atoms with Gasteiger partial charge in [0.1, 0.15) is 6.61 Å². The highest BCUT2D eigenvalue weighted by Gasteiger charge is 2.30. The van der Waals surface area contributed by atoms with Crippen molar-refractivity contribution in [3.63, 3.8) is 0 Å². The first-order valence-corrected chi connectivity index (χ1v) is 7.48. The zero-order chi connectivity index (χ0) is 18.3. The quantitative estimate of drug-likeness (QED) is 0.367. The second-order valence-corrected chi connectivity index (χ2v) is 5.31. The Kier molecular flexibility index (Phi) is 6.16. The lowest BCUT2D eigenvalue weighted by atomic mass is 10.0. The molecule has 0 heterocycles. The molecular weight excluding hydrogens is 335 g/mol. The third-order valence-electron chi connectivity index (χ3n) is 3.47. The molecule has 0 fully saturated rings. The molecule has 0 amide bonds. The molecule has 0 unspecified atom stereocenters. The summed E-state index contributed by atoms with van der Waals surface area (Å²) in [6.45, 7) is 0.0161. The number of hydrogen-bond donors (Lipinski definition) is 1. The van der Waals surface area contributed by atoms with E-state index < -0.39 is 17.7 Å². The van der Waals surface area contributed by atoms with Gasteiger partial charge in [0.05, 0.1) is 5.56 Å². The van der Waals surface area contributed by atoms with Gasteiger partial charge in [-0.25, -0.2) is 4.79 Å². The highest BCUT2D eigenvalue weighted by atomic mass is 19.4. The fourth-order valence-corrected chi connectivity index (χ4v) is 2.17. The fraction of sp³-hybridized carbons (Fsp3) is 0.222. The van der Waals surface area contributed by atoms with Gasteiger partial charge in [-0.1, -0.05) is 53.7 Å². The molecule has 132 valence electrons. The molecule has 0 radical (unpaired) electrons. The topological polar surface area (TPSA) is 58.9 Å². The second-order valence-electron chi connectivity index (χ2n) is 5.31. The maximum atomic E-state index is 12.7. The van der Waals surface area contributed by atoms with Crippen LogP contribution < -0.4 is 0 Å². The molecular formula is C18H16F3NO3.